The van der Waals surface area contributed by atoms with Gasteiger partial charge in [0, 0.05) is 70.8 Å². The maximum absolute atomic E-state index is 4.46. The van der Waals surface area contributed by atoms with Gasteiger partial charge in [-0.3, -0.25) is 9.58 Å². The van der Waals surface area contributed by atoms with E-state index >= 15 is 0 Å². The van der Waals surface area contributed by atoms with Gasteiger partial charge in [0.1, 0.15) is 0 Å². The summed E-state index contributed by atoms with van der Waals surface area (Å²) in [5.41, 5.74) is 0. The third-order valence-electron chi connectivity index (χ3n) is 6.86. The van der Waals surface area contributed by atoms with E-state index in [0.717, 1.165) is 5.92 Å². The van der Waals surface area contributed by atoms with E-state index in [2.05, 4.69) is 42.9 Å². The Bertz CT molecular complexity index is 516. The molecule has 4 rings (SSSR count). The van der Waals surface area contributed by atoms with Gasteiger partial charge in [0.25, 0.3) is 0 Å². The number of likely N-dealkylation sites (tertiary alicyclic amines) is 1. The molecular formula is C20H36N6. The molecule has 0 saturated carbocycles. The fraction of sp³-hybridized carbons (Fsp3) is 0.850. The Kier molecular flexibility index (Phi) is 6.25. The fourth-order valence-electron chi connectivity index (χ4n) is 5.14. The minimum absolute atomic E-state index is 0.596. The van der Waals surface area contributed by atoms with E-state index in [-0.39, 0.29) is 0 Å². The van der Waals surface area contributed by atoms with E-state index in [1.165, 1.54) is 84.7 Å². The van der Waals surface area contributed by atoms with Crippen LogP contribution in [0.5, 0.6) is 0 Å². The molecule has 1 aromatic rings. The Hall–Kier alpha value is -0.950. The molecule has 0 bridgehead atoms. The van der Waals surface area contributed by atoms with Crippen LogP contribution < -0.4 is 5.32 Å². The minimum atomic E-state index is 0.596. The lowest BCUT2D eigenvalue weighted by atomic mass is 9.89. The van der Waals surface area contributed by atoms with Crippen LogP contribution in [0.15, 0.2) is 18.5 Å². The fourth-order valence-corrected chi connectivity index (χ4v) is 5.14. The molecule has 0 amide bonds. The summed E-state index contributed by atoms with van der Waals surface area (Å²) in [6.07, 6.45) is 7.84. The van der Waals surface area contributed by atoms with Crippen LogP contribution in [0.3, 0.4) is 0 Å². The van der Waals surface area contributed by atoms with Gasteiger partial charge >= 0.3 is 0 Å². The zero-order chi connectivity index (χ0) is 17.8. The molecule has 2 unspecified atom stereocenters. The second-order valence-electron chi connectivity index (χ2n) is 8.31. The predicted molar refractivity (Wildman–Crippen MR) is 105 cm³/mol. The topological polar surface area (TPSA) is 39.6 Å². The average Bonchev–Trinajstić information content (AvgIpc) is 3.24. The summed E-state index contributed by atoms with van der Waals surface area (Å²) in [6, 6.07) is 3.36. The molecule has 3 fully saturated rings. The Morgan fingerprint density at radius 3 is 2.46 bits per heavy atom. The standard InChI is InChI=1S/C20H36N6/c1-2-23-12-14-24(15-13-23)17-18-4-8-21-16-20(18)25-10-5-19(6-11-25)26-9-3-7-22-26/h3,7,9,18-21H,2,4-6,8,10-17H2,1H3. The molecule has 0 aromatic carbocycles. The molecule has 6 heteroatoms. The Morgan fingerprint density at radius 1 is 1.00 bits per heavy atom. The zero-order valence-corrected chi connectivity index (χ0v) is 16.4. The largest absolute Gasteiger partial charge is 0.315 e. The lowest BCUT2D eigenvalue weighted by Gasteiger charge is -2.45. The number of nitrogens with one attached hydrogen (secondary N) is 1. The average molecular weight is 361 g/mol. The summed E-state index contributed by atoms with van der Waals surface area (Å²) < 4.78 is 2.17. The first-order chi connectivity index (χ1) is 12.8. The van der Waals surface area contributed by atoms with Crippen LogP contribution in [0.4, 0.5) is 0 Å². The van der Waals surface area contributed by atoms with E-state index in [0.29, 0.717) is 12.1 Å². The highest BCUT2D eigenvalue weighted by atomic mass is 15.3. The van der Waals surface area contributed by atoms with Gasteiger partial charge in [-0.15, -0.1) is 0 Å². The van der Waals surface area contributed by atoms with Gasteiger partial charge in [-0.05, 0) is 44.3 Å². The summed E-state index contributed by atoms with van der Waals surface area (Å²) in [5, 5.41) is 8.13. The Morgan fingerprint density at radius 2 is 1.77 bits per heavy atom. The molecule has 6 nitrogen and oxygen atoms in total. The van der Waals surface area contributed by atoms with Crippen LogP contribution in [0, 0.1) is 5.92 Å². The van der Waals surface area contributed by atoms with Gasteiger partial charge in [0.05, 0.1) is 6.04 Å². The van der Waals surface area contributed by atoms with E-state index in [1.54, 1.807) is 0 Å². The quantitative estimate of drug-likeness (QED) is 0.853. The molecule has 3 saturated heterocycles. The summed E-state index contributed by atoms with van der Waals surface area (Å²) in [5.74, 6) is 0.825. The maximum Gasteiger partial charge on any atom is 0.0543 e. The summed E-state index contributed by atoms with van der Waals surface area (Å²) in [7, 11) is 0. The van der Waals surface area contributed by atoms with Crippen molar-refractivity contribution in [3.8, 4) is 0 Å². The SMILES string of the molecule is CCN1CCN(CC2CCNCC2N2CCC(n3cccn3)CC2)CC1. The van der Waals surface area contributed by atoms with E-state index in [4.69, 9.17) is 0 Å². The number of hydrogen-bond acceptors (Lipinski definition) is 5. The van der Waals surface area contributed by atoms with Crippen molar-refractivity contribution in [3.05, 3.63) is 18.5 Å². The Labute approximate surface area is 158 Å². The molecule has 3 aliphatic rings. The molecule has 1 N–H and O–H groups in total. The van der Waals surface area contributed by atoms with Crippen LogP contribution in [0.2, 0.25) is 0 Å². The van der Waals surface area contributed by atoms with Crippen molar-refractivity contribution in [2.45, 2.75) is 38.3 Å². The predicted octanol–water partition coefficient (Wildman–Crippen LogP) is 1.14. The number of piperidine rings is 2. The molecule has 26 heavy (non-hydrogen) atoms. The summed E-state index contributed by atoms with van der Waals surface area (Å²) in [4.78, 5) is 8.08. The molecular weight excluding hydrogens is 324 g/mol. The molecule has 2 atom stereocenters. The number of nitrogens with zero attached hydrogens (tertiary/aromatic N) is 5. The van der Waals surface area contributed by atoms with Gasteiger partial charge in [0.15, 0.2) is 0 Å². The van der Waals surface area contributed by atoms with Gasteiger partial charge in [-0.25, -0.2) is 0 Å². The molecule has 146 valence electrons. The minimum Gasteiger partial charge on any atom is -0.315 e. The lowest BCUT2D eigenvalue weighted by molar-refractivity contribution is 0.0460. The van der Waals surface area contributed by atoms with Crippen LogP contribution in [0.25, 0.3) is 0 Å². The van der Waals surface area contributed by atoms with E-state index < -0.39 is 0 Å². The molecule has 3 aliphatic heterocycles. The second-order valence-corrected chi connectivity index (χ2v) is 8.31. The first-order valence-electron chi connectivity index (χ1n) is 10.7. The highest BCUT2D eigenvalue weighted by Crippen LogP contribution is 2.27. The molecule has 4 heterocycles. The monoisotopic (exact) mass is 360 g/mol. The first kappa shape index (κ1) is 18.4. The number of likely N-dealkylation sites (N-methyl/N-ethyl adjacent to an activating group) is 1. The van der Waals surface area contributed by atoms with Crippen LogP contribution in [-0.4, -0.2) is 96.0 Å². The molecule has 0 aliphatic carbocycles. The van der Waals surface area contributed by atoms with Gasteiger partial charge in [-0.2, -0.15) is 5.10 Å². The van der Waals surface area contributed by atoms with Crippen LogP contribution in [0.1, 0.15) is 32.2 Å². The number of aromatic nitrogens is 2. The summed E-state index contributed by atoms with van der Waals surface area (Å²) >= 11 is 0. The number of hydrogen-bond donors (Lipinski definition) is 1. The normalized spacial score (nSPS) is 30.7. The van der Waals surface area contributed by atoms with Crippen LogP contribution in [-0.2, 0) is 0 Å². The van der Waals surface area contributed by atoms with Crippen molar-refractivity contribution in [2.24, 2.45) is 5.92 Å². The van der Waals surface area contributed by atoms with Gasteiger partial charge < -0.3 is 15.1 Å². The first-order valence-corrected chi connectivity index (χ1v) is 10.7. The van der Waals surface area contributed by atoms with Crippen LogP contribution >= 0.6 is 0 Å². The maximum atomic E-state index is 4.46. The number of rotatable bonds is 5. The van der Waals surface area contributed by atoms with Gasteiger partial charge in [0.2, 0.25) is 0 Å². The van der Waals surface area contributed by atoms with Crippen molar-refractivity contribution in [1.82, 2.24) is 29.8 Å². The smallest absolute Gasteiger partial charge is 0.0543 e. The zero-order valence-electron chi connectivity index (χ0n) is 16.4. The van der Waals surface area contributed by atoms with Crippen molar-refractivity contribution >= 4 is 0 Å². The summed E-state index contributed by atoms with van der Waals surface area (Å²) in [6.45, 7) is 14.6. The lowest BCUT2D eigenvalue weighted by Crippen LogP contribution is -2.57. The van der Waals surface area contributed by atoms with E-state index in [1.807, 2.05) is 12.3 Å². The second kappa shape index (κ2) is 8.83. The van der Waals surface area contributed by atoms with Crippen molar-refractivity contribution in [1.29, 1.82) is 0 Å². The third kappa shape index (κ3) is 4.30. The highest BCUT2D eigenvalue weighted by Gasteiger charge is 2.34. The Balaban J connectivity index is 1.30. The highest BCUT2D eigenvalue weighted by molar-refractivity contribution is 4.92. The van der Waals surface area contributed by atoms with Gasteiger partial charge in [-0.1, -0.05) is 6.92 Å². The van der Waals surface area contributed by atoms with E-state index in [9.17, 15) is 0 Å². The van der Waals surface area contributed by atoms with Crippen molar-refractivity contribution in [3.63, 3.8) is 0 Å². The molecule has 0 spiro atoms. The van der Waals surface area contributed by atoms with Crippen molar-refractivity contribution < 1.29 is 0 Å². The molecule has 0 radical (unpaired) electrons. The third-order valence-corrected chi connectivity index (χ3v) is 6.86. The van der Waals surface area contributed by atoms with Crippen molar-refractivity contribution in [2.75, 3.05) is 65.4 Å². The molecule has 1 aromatic heterocycles. The number of piperazine rings is 1.